The highest BCUT2D eigenvalue weighted by molar-refractivity contribution is 5.85. The molecule has 0 bridgehead atoms. The minimum absolute atomic E-state index is 0.0790. The average Bonchev–Trinajstić information content (AvgIpc) is 3.11. The molecule has 0 saturated carbocycles. The Bertz CT molecular complexity index is 1180. The summed E-state index contributed by atoms with van der Waals surface area (Å²) in [5.41, 5.74) is 1.91. The van der Waals surface area contributed by atoms with Crippen LogP contribution in [0.3, 0.4) is 0 Å². The van der Waals surface area contributed by atoms with Gasteiger partial charge in [-0.15, -0.1) is 0 Å². The zero-order chi connectivity index (χ0) is 19.6. The Morgan fingerprint density at radius 1 is 0.966 bits per heavy atom. The smallest absolute Gasteiger partial charge is 0.316 e. The highest BCUT2D eigenvalue weighted by Crippen LogP contribution is 2.24. The minimum atomic E-state index is -0.0790. The van der Waals surface area contributed by atoms with Crippen molar-refractivity contribution in [2.24, 2.45) is 0 Å². The van der Waals surface area contributed by atoms with Crippen LogP contribution in [-0.2, 0) is 6.54 Å². The van der Waals surface area contributed by atoms with Gasteiger partial charge in [0.15, 0.2) is 0 Å². The van der Waals surface area contributed by atoms with E-state index in [1.807, 2.05) is 48.5 Å². The van der Waals surface area contributed by atoms with Crippen LogP contribution in [0.1, 0.15) is 30.1 Å². The van der Waals surface area contributed by atoms with Crippen molar-refractivity contribution in [2.75, 3.05) is 13.1 Å². The third kappa shape index (κ3) is 3.38. The maximum absolute atomic E-state index is 13.4. The molecule has 1 atom stereocenters. The maximum Gasteiger partial charge on any atom is 0.350 e. The lowest BCUT2D eigenvalue weighted by Crippen LogP contribution is -2.31. The summed E-state index contributed by atoms with van der Waals surface area (Å²) in [5, 5.41) is 10.6. The van der Waals surface area contributed by atoms with Gasteiger partial charge < -0.3 is 5.32 Å². The van der Waals surface area contributed by atoms with Crippen molar-refractivity contribution in [1.82, 2.24) is 19.7 Å². The molecule has 4 aromatic rings. The van der Waals surface area contributed by atoms with E-state index in [0.717, 1.165) is 48.4 Å². The first-order valence-electron chi connectivity index (χ1n) is 10.2. The molecule has 0 radical (unpaired) electrons. The summed E-state index contributed by atoms with van der Waals surface area (Å²) in [7, 11) is 0. The van der Waals surface area contributed by atoms with Crippen LogP contribution in [0.4, 0.5) is 0 Å². The van der Waals surface area contributed by atoms with Crippen molar-refractivity contribution in [2.45, 2.75) is 25.3 Å². The molecule has 2 heterocycles. The third-order valence-electron chi connectivity index (χ3n) is 5.74. The molecular formula is C24H24N4O. The van der Waals surface area contributed by atoms with Gasteiger partial charge in [0, 0.05) is 12.5 Å². The molecule has 1 fully saturated rings. The first-order chi connectivity index (χ1) is 14.3. The fraction of sp³-hybridized carbons (Fsp3) is 0.250. The summed E-state index contributed by atoms with van der Waals surface area (Å²) in [6.45, 7) is 2.35. The van der Waals surface area contributed by atoms with Gasteiger partial charge in [-0.1, -0.05) is 60.7 Å². The highest BCUT2D eigenvalue weighted by atomic mass is 16.2. The lowest BCUT2D eigenvalue weighted by Gasteiger charge is -2.22. The number of benzene rings is 3. The Hall–Kier alpha value is -3.18. The predicted octanol–water partition coefficient (Wildman–Crippen LogP) is 3.70. The molecule has 5 rings (SSSR count). The minimum Gasteiger partial charge on any atom is -0.316 e. The lowest BCUT2D eigenvalue weighted by atomic mass is 9.99. The van der Waals surface area contributed by atoms with Crippen LogP contribution < -0.4 is 11.0 Å². The van der Waals surface area contributed by atoms with Crippen molar-refractivity contribution < 1.29 is 0 Å². The monoisotopic (exact) mass is 384 g/mol. The summed E-state index contributed by atoms with van der Waals surface area (Å²) >= 11 is 0. The Kier molecular flexibility index (Phi) is 4.74. The number of rotatable bonds is 4. The van der Waals surface area contributed by atoms with Crippen LogP contribution in [0.5, 0.6) is 0 Å². The van der Waals surface area contributed by atoms with Gasteiger partial charge in [0.05, 0.1) is 12.2 Å². The summed E-state index contributed by atoms with van der Waals surface area (Å²) in [5.74, 6) is 1.10. The number of fused-ring (bicyclic) bond motifs is 1. The van der Waals surface area contributed by atoms with E-state index in [1.54, 1.807) is 9.25 Å². The van der Waals surface area contributed by atoms with Crippen LogP contribution in [0.25, 0.3) is 16.5 Å². The topological polar surface area (TPSA) is 51.9 Å². The second-order valence-electron chi connectivity index (χ2n) is 7.65. The number of hydrogen-bond acceptors (Lipinski definition) is 3. The molecule has 1 saturated heterocycles. The highest BCUT2D eigenvalue weighted by Gasteiger charge is 2.25. The Labute approximate surface area is 169 Å². The summed E-state index contributed by atoms with van der Waals surface area (Å²) in [4.78, 5) is 13.4. The lowest BCUT2D eigenvalue weighted by molar-refractivity contribution is 0.439. The first kappa shape index (κ1) is 17.9. The molecule has 1 N–H and O–H groups in total. The quantitative estimate of drug-likeness (QED) is 0.584. The van der Waals surface area contributed by atoms with Crippen LogP contribution in [0.2, 0.25) is 0 Å². The Morgan fingerprint density at radius 3 is 2.59 bits per heavy atom. The van der Waals surface area contributed by atoms with Gasteiger partial charge in [0.1, 0.15) is 5.82 Å². The van der Waals surface area contributed by atoms with Gasteiger partial charge in [-0.25, -0.2) is 14.0 Å². The SMILES string of the molecule is O=c1n(Cc2cccc3ccccc23)nc([C@@H]2CCCNC2)n1-c1ccccc1. The molecule has 0 unspecified atom stereocenters. The summed E-state index contributed by atoms with van der Waals surface area (Å²) in [6.07, 6.45) is 2.15. The predicted molar refractivity (Wildman–Crippen MR) is 116 cm³/mol. The number of nitrogens with one attached hydrogen (secondary N) is 1. The maximum atomic E-state index is 13.4. The molecule has 0 spiro atoms. The standard InChI is InChI=1S/C24H24N4O/c29-24-27(17-20-10-6-9-18-8-4-5-14-22(18)20)26-23(19-11-7-15-25-16-19)28(24)21-12-2-1-3-13-21/h1-6,8-10,12-14,19,25H,7,11,15-17H2/t19-/m1/s1. The normalized spacial score (nSPS) is 16.9. The van der Waals surface area contributed by atoms with Gasteiger partial charge in [-0.05, 0) is 47.9 Å². The van der Waals surface area contributed by atoms with E-state index in [-0.39, 0.29) is 11.6 Å². The van der Waals surface area contributed by atoms with Gasteiger partial charge in [0.2, 0.25) is 0 Å². The molecule has 0 amide bonds. The van der Waals surface area contributed by atoms with Crippen molar-refractivity contribution in [1.29, 1.82) is 0 Å². The van der Waals surface area contributed by atoms with E-state index in [9.17, 15) is 4.79 Å². The van der Waals surface area contributed by atoms with Crippen molar-refractivity contribution in [3.63, 3.8) is 0 Å². The largest absolute Gasteiger partial charge is 0.350 e. The molecule has 5 nitrogen and oxygen atoms in total. The van der Waals surface area contributed by atoms with Crippen molar-refractivity contribution in [3.05, 3.63) is 94.7 Å². The van der Waals surface area contributed by atoms with Gasteiger partial charge in [-0.3, -0.25) is 0 Å². The Morgan fingerprint density at radius 2 is 1.76 bits per heavy atom. The zero-order valence-electron chi connectivity index (χ0n) is 16.3. The second-order valence-corrected chi connectivity index (χ2v) is 7.65. The fourth-order valence-electron chi connectivity index (χ4n) is 4.28. The summed E-state index contributed by atoms with van der Waals surface area (Å²) in [6, 6.07) is 24.4. The van der Waals surface area contributed by atoms with Crippen LogP contribution in [0, 0.1) is 0 Å². The first-order valence-corrected chi connectivity index (χ1v) is 10.2. The molecular weight excluding hydrogens is 360 g/mol. The summed E-state index contributed by atoms with van der Waals surface area (Å²) < 4.78 is 3.42. The van der Waals surface area contributed by atoms with E-state index in [2.05, 4.69) is 29.6 Å². The number of nitrogens with zero attached hydrogens (tertiary/aromatic N) is 3. The van der Waals surface area contributed by atoms with Crippen molar-refractivity contribution >= 4 is 10.8 Å². The molecule has 146 valence electrons. The van der Waals surface area contributed by atoms with Crippen LogP contribution in [-0.4, -0.2) is 27.4 Å². The number of piperidine rings is 1. The average molecular weight is 384 g/mol. The van der Waals surface area contributed by atoms with E-state index < -0.39 is 0 Å². The molecule has 0 aliphatic carbocycles. The van der Waals surface area contributed by atoms with Gasteiger partial charge in [-0.2, -0.15) is 5.10 Å². The van der Waals surface area contributed by atoms with Crippen molar-refractivity contribution in [3.8, 4) is 5.69 Å². The second kappa shape index (κ2) is 7.68. The van der Waals surface area contributed by atoms with Gasteiger partial charge >= 0.3 is 5.69 Å². The van der Waals surface area contributed by atoms with E-state index in [0.29, 0.717) is 6.54 Å². The zero-order valence-corrected chi connectivity index (χ0v) is 16.3. The van der Waals surface area contributed by atoms with E-state index in [1.165, 1.54) is 5.39 Å². The molecule has 3 aromatic carbocycles. The molecule has 1 aromatic heterocycles. The Balaban J connectivity index is 1.62. The number of hydrogen-bond donors (Lipinski definition) is 1. The molecule has 1 aliphatic rings. The molecule has 29 heavy (non-hydrogen) atoms. The number of para-hydroxylation sites is 1. The van der Waals surface area contributed by atoms with E-state index >= 15 is 0 Å². The molecule has 1 aliphatic heterocycles. The van der Waals surface area contributed by atoms with Gasteiger partial charge in [0.25, 0.3) is 0 Å². The van der Waals surface area contributed by atoms with Crippen LogP contribution >= 0.6 is 0 Å². The fourth-order valence-corrected chi connectivity index (χ4v) is 4.28. The third-order valence-corrected chi connectivity index (χ3v) is 5.74. The number of aromatic nitrogens is 3. The molecule has 5 heteroatoms. The van der Waals surface area contributed by atoms with Crippen LogP contribution in [0.15, 0.2) is 77.6 Å². The van der Waals surface area contributed by atoms with E-state index in [4.69, 9.17) is 5.10 Å².